The van der Waals surface area contributed by atoms with Crippen LogP contribution in [0.4, 0.5) is 0 Å². The van der Waals surface area contributed by atoms with E-state index in [2.05, 4.69) is 45.0 Å². The van der Waals surface area contributed by atoms with Gasteiger partial charge in [0.2, 0.25) is 0 Å². The number of aromatic nitrogens is 2. The van der Waals surface area contributed by atoms with Crippen LogP contribution in [0.1, 0.15) is 36.2 Å². The molecule has 0 aliphatic heterocycles. The lowest BCUT2D eigenvalue weighted by molar-refractivity contribution is 0.0952. The van der Waals surface area contributed by atoms with E-state index in [1.54, 1.807) is 18.2 Å². The fourth-order valence-corrected chi connectivity index (χ4v) is 4.08. The van der Waals surface area contributed by atoms with Crippen LogP contribution in [0.5, 0.6) is 0 Å². The lowest BCUT2D eigenvalue weighted by atomic mass is 10.1. The standard InChI is InChI=1S/C23H27BrN4O2S/c1-3-27(4-2)13-5-12-25-21(29)17-8-6-16(7-9-17)15-28-22(30)19-14-18(24)10-11-20(19)26-23(28)31/h6-11,14H,3-5,12-13,15H2,1-2H3,(H,25,29)(H,26,31). The Morgan fingerprint density at radius 1 is 1.16 bits per heavy atom. The maximum atomic E-state index is 12.9. The molecule has 0 fully saturated rings. The van der Waals surface area contributed by atoms with E-state index in [0.717, 1.165) is 36.1 Å². The van der Waals surface area contributed by atoms with Gasteiger partial charge in [0, 0.05) is 16.6 Å². The van der Waals surface area contributed by atoms with Crippen LogP contribution in [-0.4, -0.2) is 46.5 Å². The van der Waals surface area contributed by atoms with Gasteiger partial charge in [-0.1, -0.05) is 41.9 Å². The van der Waals surface area contributed by atoms with Crippen molar-refractivity contribution in [3.8, 4) is 0 Å². The molecule has 0 atom stereocenters. The molecule has 3 rings (SSSR count). The summed E-state index contributed by atoms with van der Waals surface area (Å²) in [5.74, 6) is -0.0869. The number of H-pyrrole nitrogens is 1. The Morgan fingerprint density at radius 2 is 1.87 bits per heavy atom. The Kier molecular flexibility index (Phi) is 8.17. The number of carbonyl (C=O) groups excluding carboxylic acids is 1. The average molecular weight is 503 g/mol. The van der Waals surface area contributed by atoms with Gasteiger partial charge in [-0.15, -0.1) is 0 Å². The molecule has 1 amide bonds. The molecule has 6 nitrogen and oxygen atoms in total. The summed E-state index contributed by atoms with van der Waals surface area (Å²) in [5.41, 5.74) is 2.07. The molecule has 0 aliphatic rings. The number of hydrogen-bond donors (Lipinski definition) is 2. The monoisotopic (exact) mass is 502 g/mol. The quantitative estimate of drug-likeness (QED) is 0.337. The van der Waals surface area contributed by atoms with E-state index in [-0.39, 0.29) is 11.5 Å². The predicted octanol–water partition coefficient (Wildman–Crippen LogP) is 4.33. The van der Waals surface area contributed by atoms with Gasteiger partial charge in [-0.2, -0.15) is 0 Å². The summed E-state index contributed by atoms with van der Waals surface area (Å²) in [6.07, 6.45) is 0.921. The molecule has 31 heavy (non-hydrogen) atoms. The lowest BCUT2D eigenvalue weighted by Gasteiger charge is -2.17. The van der Waals surface area contributed by atoms with Crippen LogP contribution >= 0.6 is 28.1 Å². The summed E-state index contributed by atoms with van der Waals surface area (Å²) >= 11 is 8.80. The molecule has 2 N–H and O–H groups in total. The van der Waals surface area contributed by atoms with Gasteiger partial charge in [0.15, 0.2) is 4.77 Å². The largest absolute Gasteiger partial charge is 0.352 e. The Balaban J connectivity index is 1.66. The van der Waals surface area contributed by atoms with Gasteiger partial charge in [-0.05, 0) is 74.2 Å². The van der Waals surface area contributed by atoms with Crippen molar-refractivity contribution < 1.29 is 4.79 Å². The maximum absolute atomic E-state index is 12.9. The molecule has 1 heterocycles. The van der Waals surface area contributed by atoms with Gasteiger partial charge in [-0.25, -0.2) is 0 Å². The van der Waals surface area contributed by atoms with E-state index < -0.39 is 0 Å². The first-order valence-corrected chi connectivity index (χ1v) is 11.6. The van der Waals surface area contributed by atoms with E-state index in [4.69, 9.17) is 12.2 Å². The van der Waals surface area contributed by atoms with Crippen molar-refractivity contribution in [1.82, 2.24) is 19.8 Å². The van der Waals surface area contributed by atoms with Crippen LogP contribution in [0.2, 0.25) is 0 Å². The molecule has 0 unspecified atom stereocenters. The summed E-state index contributed by atoms with van der Waals surface area (Å²) in [5, 5.41) is 3.54. The summed E-state index contributed by atoms with van der Waals surface area (Å²) < 4.78 is 2.74. The molecular weight excluding hydrogens is 476 g/mol. The Bertz CT molecular complexity index is 1170. The Hall–Kier alpha value is -2.29. The molecule has 0 bridgehead atoms. The van der Waals surface area contributed by atoms with Crippen molar-refractivity contribution in [2.24, 2.45) is 0 Å². The smallest absolute Gasteiger partial charge is 0.262 e. The number of fused-ring (bicyclic) bond motifs is 1. The van der Waals surface area contributed by atoms with Crippen molar-refractivity contribution in [2.45, 2.75) is 26.8 Å². The molecule has 8 heteroatoms. The zero-order valence-corrected chi connectivity index (χ0v) is 20.2. The maximum Gasteiger partial charge on any atom is 0.262 e. The minimum absolute atomic E-state index is 0.0869. The van der Waals surface area contributed by atoms with Gasteiger partial charge in [-0.3, -0.25) is 14.2 Å². The van der Waals surface area contributed by atoms with Gasteiger partial charge in [0.1, 0.15) is 0 Å². The number of aromatic amines is 1. The zero-order chi connectivity index (χ0) is 22.4. The summed E-state index contributed by atoms with van der Waals surface area (Å²) in [4.78, 5) is 30.7. The third-order valence-corrected chi connectivity index (χ3v) is 6.15. The second-order valence-electron chi connectivity index (χ2n) is 7.34. The van der Waals surface area contributed by atoms with Crippen LogP contribution in [0.3, 0.4) is 0 Å². The highest BCUT2D eigenvalue weighted by Gasteiger charge is 2.09. The molecule has 2 aromatic carbocycles. The molecule has 1 aromatic heterocycles. The van der Waals surface area contributed by atoms with E-state index in [1.807, 2.05) is 24.3 Å². The summed E-state index contributed by atoms with van der Waals surface area (Å²) in [6.45, 7) is 8.28. The Morgan fingerprint density at radius 3 is 2.55 bits per heavy atom. The molecule has 0 aliphatic carbocycles. The van der Waals surface area contributed by atoms with Crippen molar-refractivity contribution in [1.29, 1.82) is 0 Å². The highest BCUT2D eigenvalue weighted by atomic mass is 79.9. The molecule has 3 aromatic rings. The van der Waals surface area contributed by atoms with Gasteiger partial charge >= 0.3 is 0 Å². The Labute approximate surface area is 195 Å². The van der Waals surface area contributed by atoms with Crippen molar-refractivity contribution in [2.75, 3.05) is 26.2 Å². The first-order valence-electron chi connectivity index (χ1n) is 10.4. The second-order valence-corrected chi connectivity index (χ2v) is 8.65. The fraction of sp³-hybridized carbons (Fsp3) is 0.348. The molecule has 0 saturated heterocycles. The van der Waals surface area contributed by atoms with Gasteiger partial charge in [0.25, 0.3) is 11.5 Å². The van der Waals surface area contributed by atoms with E-state index in [1.165, 1.54) is 4.57 Å². The molecule has 0 spiro atoms. The highest BCUT2D eigenvalue weighted by molar-refractivity contribution is 9.10. The third-order valence-electron chi connectivity index (χ3n) is 5.33. The fourth-order valence-electron chi connectivity index (χ4n) is 3.46. The number of hydrogen-bond acceptors (Lipinski definition) is 4. The van der Waals surface area contributed by atoms with E-state index >= 15 is 0 Å². The minimum atomic E-state index is -0.143. The number of amides is 1. The SMILES string of the molecule is CCN(CC)CCCNC(=O)c1ccc(Cn2c(=S)[nH]c3ccc(Br)cc3c2=O)cc1. The lowest BCUT2D eigenvalue weighted by Crippen LogP contribution is -2.29. The minimum Gasteiger partial charge on any atom is -0.352 e. The highest BCUT2D eigenvalue weighted by Crippen LogP contribution is 2.16. The first kappa shape index (κ1) is 23.4. The summed E-state index contributed by atoms with van der Waals surface area (Å²) in [6, 6.07) is 12.8. The third kappa shape index (κ3) is 5.90. The predicted molar refractivity (Wildman–Crippen MR) is 131 cm³/mol. The van der Waals surface area contributed by atoms with Crippen LogP contribution in [0.25, 0.3) is 10.9 Å². The average Bonchev–Trinajstić information content (AvgIpc) is 2.77. The number of carbonyl (C=O) groups is 1. The zero-order valence-electron chi connectivity index (χ0n) is 17.8. The molecule has 0 saturated carbocycles. The topological polar surface area (TPSA) is 70.1 Å². The molecule has 164 valence electrons. The van der Waals surface area contributed by atoms with Crippen LogP contribution in [0.15, 0.2) is 51.7 Å². The molecule has 0 radical (unpaired) electrons. The van der Waals surface area contributed by atoms with Crippen molar-refractivity contribution in [3.63, 3.8) is 0 Å². The summed E-state index contributed by atoms with van der Waals surface area (Å²) in [7, 11) is 0. The van der Waals surface area contributed by atoms with Crippen LogP contribution in [0, 0.1) is 4.77 Å². The van der Waals surface area contributed by atoms with Crippen molar-refractivity contribution in [3.05, 3.63) is 73.2 Å². The number of nitrogens with zero attached hydrogens (tertiary/aromatic N) is 2. The number of rotatable bonds is 9. The van der Waals surface area contributed by atoms with E-state index in [9.17, 15) is 9.59 Å². The van der Waals surface area contributed by atoms with Gasteiger partial charge in [0.05, 0.1) is 17.4 Å². The van der Waals surface area contributed by atoms with Crippen molar-refractivity contribution >= 4 is 45.0 Å². The van der Waals surface area contributed by atoms with Crippen LogP contribution < -0.4 is 10.9 Å². The van der Waals surface area contributed by atoms with Gasteiger partial charge < -0.3 is 15.2 Å². The number of benzene rings is 2. The van der Waals surface area contributed by atoms with E-state index in [0.29, 0.717) is 34.3 Å². The van der Waals surface area contributed by atoms with Crippen LogP contribution in [-0.2, 0) is 6.54 Å². The second kappa shape index (κ2) is 10.8. The normalized spacial score (nSPS) is 11.2. The first-order chi connectivity index (χ1) is 14.9. The molecular formula is C23H27BrN4O2S. The number of halogens is 1. The number of nitrogens with one attached hydrogen (secondary N) is 2.